The molecular weight excluding hydrogens is 392 g/mol. The van der Waals surface area contributed by atoms with Gasteiger partial charge >= 0.3 is 0 Å². The third-order valence-corrected chi connectivity index (χ3v) is 7.71. The third-order valence-electron chi connectivity index (χ3n) is 7.71. The van der Waals surface area contributed by atoms with Gasteiger partial charge in [-0.2, -0.15) is 0 Å². The van der Waals surface area contributed by atoms with Gasteiger partial charge in [0.25, 0.3) is 0 Å². The zero-order chi connectivity index (χ0) is 21.0. The monoisotopic (exact) mass is 420 g/mol. The van der Waals surface area contributed by atoms with E-state index in [1.165, 1.54) is 11.1 Å². The molecule has 1 amide bonds. The Bertz CT molecular complexity index is 1010. The average molecular weight is 421 g/mol. The Balaban J connectivity index is 1.26. The first-order valence-electron chi connectivity index (χ1n) is 11.3. The fraction of sp³-hybridized carbons (Fsp3) is 0.480. The van der Waals surface area contributed by atoms with Crippen LogP contribution in [0.3, 0.4) is 0 Å². The van der Waals surface area contributed by atoms with Crippen molar-refractivity contribution in [3.8, 4) is 17.2 Å². The van der Waals surface area contributed by atoms with E-state index in [1.54, 1.807) is 7.11 Å². The normalized spacial score (nSPS) is 28.8. The fourth-order valence-electron chi connectivity index (χ4n) is 6.34. The van der Waals surface area contributed by atoms with Crippen LogP contribution in [0, 0.1) is 5.92 Å². The zero-order valence-electron chi connectivity index (χ0n) is 17.9. The van der Waals surface area contributed by atoms with Crippen molar-refractivity contribution >= 4 is 5.91 Å². The van der Waals surface area contributed by atoms with Crippen molar-refractivity contribution in [3.05, 3.63) is 53.6 Å². The van der Waals surface area contributed by atoms with Crippen LogP contribution in [-0.2, 0) is 11.2 Å². The van der Waals surface area contributed by atoms with Gasteiger partial charge in [0.05, 0.1) is 7.11 Å². The van der Waals surface area contributed by atoms with Crippen LogP contribution in [0.4, 0.5) is 0 Å². The molecular formula is C25H28N2O4. The van der Waals surface area contributed by atoms with Gasteiger partial charge in [0.2, 0.25) is 18.4 Å². The molecule has 4 aliphatic rings. The van der Waals surface area contributed by atoms with E-state index in [-0.39, 0.29) is 18.4 Å². The summed E-state index contributed by atoms with van der Waals surface area (Å²) in [6, 6.07) is 14.8. The molecule has 0 unspecified atom stereocenters. The summed E-state index contributed by atoms with van der Waals surface area (Å²) in [5.41, 5.74) is 2.13. The molecule has 0 N–H and O–H groups in total. The predicted molar refractivity (Wildman–Crippen MR) is 115 cm³/mol. The number of carbonyl (C=O) groups is 1. The molecule has 2 aromatic carbocycles. The maximum atomic E-state index is 13.7. The van der Waals surface area contributed by atoms with Crippen molar-refractivity contribution in [2.75, 3.05) is 33.5 Å². The average Bonchev–Trinajstić information content (AvgIpc) is 3.55. The van der Waals surface area contributed by atoms with Gasteiger partial charge in [0.15, 0.2) is 11.5 Å². The number of carbonyl (C=O) groups excluding carboxylic acids is 1. The first kappa shape index (κ1) is 19.0. The van der Waals surface area contributed by atoms with Crippen molar-refractivity contribution in [3.63, 3.8) is 0 Å². The molecule has 6 rings (SSSR count). The Labute approximate surface area is 182 Å². The summed E-state index contributed by atoms with van der Waals surface area (Å²) in [6.45, 7) is 2.86. The SMILES string of the molecule is COc1cc([C@@H]2C[C@H]3CN(CCc4ccccc4)C(=O)[C@]34CCCN24)cc2c1OCO2. The predicted octanol–water partition coefficient (Wildman–Crippen LogP) is 3.40. The Morgan fingerprint density at radius 3 is 2.90 bits per heavy atom. The van der Waals surface area contributed by atoms with Crippen LogP contribution in [0.15, 0.2) is 42.5 Å². The van der Waals surface area contributed by atoms with E-state index < -0.39 is 0 Å². The molecule has 3 saturated heterocycles. The van der Waals surface area contributed by atoms with Crippen LogP contribution in [0.1, 0.15) is 36.4 Å². The molecule has 6 nitrogen and oxygen atoms in total. The Kier molecular flexibility index (Phi) is 4.39. The van der Waals surface area contributed by atoms with Crippen molar-refractivity contribution in [2.45, 2.75) is 37.3 Å². The fourth-order valence-corrected chi connectivity index (χ4v) is 6.34. The summed E-state index contributed by atoms with van der Waals surface area (Å²) in [6.07, 6.45) is 3.96. The number of methoxy groups -OCH3 is 1. The highest BCUT2D eigenvalue weighted by Gasteiger charge is 2.65. The highest BCUT2D eigenvalue weighted by atomic mass is 16.7. The molecule has 1 spiro atoms. The summed E-state index contributed by atoms with van der Waals surface area (Å²) in [5.74, 6) is 2.85. The number of hydrogen-bond donors (Lipinski definition) is 0. The van der Waals surface area contributed by atoms with E-state index in [1.807, 2.05) is 6.07 Å². The van der Waals surface area contributed by atoms with Crippen LogP contribution in [-0.4, -0.2) is 54.8 Å². The Hall–Kier alpha value is -2.73. The van der Waals surface area contributed by atoms with Gasteiger partial charge in [0.1, 0.15) is 5.54 Å². The topological polar surface area (TPSA) is 51.2 Å². The maximum absolute atomic E-state index is 13.7. The van der Waals surface area contributed by atoms with Gasteiger partial charge < -0.3 is 19.1 Å². The molecule has 0 aromatic heterocycles. The molecule has 3 atom stereocenters. The smallest absolute Gasteiger partial charge is 0.243 e. The first-order chi connectivity index (χ1) is 15.2. The highest BCUT2D eigenvalue weighted by molar-refractivity contribution is 5.90. The number of amides is 1. The van der Waals surface area contributed by atoms with E-state index in [9.17, 15) is 4.79 Å². The molecule has 4 aliphatic heterocycles. The second-order valence-electron chi connectivity index (χ2n) is 9.11. The van der Waals surface area contributed by atoms with Crippen LogP contribution in [0.25, 0.3) is 0 Å². The van der Waals surface area contributed by atoms with Gasteiger partial charge in [-0.3, -0.25) is 9.69 Å². The molecule has 4 heterocycles. The van der Waals surface area contributed by atoms with Crippen molar-refractivity contribution in [1.82, 2.24) is 9.80 Å². The summed E-state index contributed by atoms with van der Waals surface area (Å²) in [7, 11) is 1.66. The van der Waals surface area contributed by atoms with E-state index in [0.717, 1.165) is 51.1 Å². The molecule has 162 valence electrons. The molecule has 0 saturated carbocycles. The van der Waals surface area contributed by atoms with Gasteiger partial charge in [-0.15, -0.1) is 0 Å². The van der Waals surface area contributed by atoms with Crippen molar-refractivity contribution in [2.24, 2.45) is 5.92 Å². The van der Waals surface area contributed by atoms with Gasteiger partial charge in [0, 0.05) is 25.0 Å². The molecule has 2 aromatic rings. The van der Waals surface area contributed by atoms with Crippen molar-refractivity contribution in [1.29, 1.82) is 0 Å². The lowest BCUT2D eigenvalue weighted by molar-refractivity contribution is -0.136. The lowest BCUT2D eigenvalue weighted by Crippen LogP contribution is -2.49. The molecule has 3 fully saturated rings. The largest absolute Gasteiger partial charge is 0.493 e. The van der Waals surface area contributed by atoms with Gasteiger partial charge in [-0.25, -0.2) is 0 Å². The quantitative estimate of drug-likeness (QED) is 0.742. The number of rotatable bonds is 5. The molecule has 0 bridgehead atoms. The number of ether oxygens (including phenoxy) is 3. The van der Waals surface area contributed by atoms with E-state index >= 15 is 0 Å². The third kappa shape index (κ3) is 2.77. The molecule has 0 radical (unpaired) electrons. The highest BCUT2D eigenvalue weighted by Crippen LogP contribution is 2.57. The second kappa shape index (κ2) is 7.16. The van der Waals surface area contributed by atoms with Crippen LogP contribution < -0.4 is 14.2 Å². The Morgan fingerprint density at radius 1 is 1.19 bits per heavy atom. The summed E-state index contributed by atoms with van der Waals surface area (Å²) in [4.78, 5) is 18.3. The van der Waals surface area contributed by atoms with E-state index in [0.29, 0.717) is 23.3 Å². The number of hydrogen-bond acceptors (Lipinski definition) is 5. The maximum Gasteiger partial charge on any atom is 0.243 e. The second-order valence-corrected chi connectivity index (χ2v) is 9.11. The van der Waals surface area contributed by atoms with Crippen LogP contribution >= 0.6 is 0 Å². The van der Waals surface area contributed by atoms with E-state index in [2.05, 4.69) is 46.2 Å². The minimum atomic E-state index is -0.328. The lowest BCUT2D eigenvalue weighted by Gasteiger charge is -2.33. The Morgan fingerprint density at radius 2 is 2.06 bits per heavy atom. The zero-order valence-corrected chi connectivity index (χ0v) is 17.9. The van der Waals surface area contributed by atoms with Crippen LogP contribution in [0.5, 0.6) is 17.2 Å². The van der Waals surface area contributed by atoms with Gasteiger partial charge in [-0.05, 0) is 55.5 Å². The molecule has 0 aliphatic carbocycles. The van der Waals surface area contributed by atoms with Gasteiger partial charge in [-0.1, -0.05) is 30.3 Å². The van der Waals surface area contributed by atoms with E-state index in [4.69, 9.17) is 14.2 Å². The summed E-state index contributed by atoms with van der Waals surface area (Å²) in [5, 5.41) is 0. The van der Waals surface area contributed by atoms with Crippen LogP contribution in [0.2, 0.25) is 0 Å². The minimum Gasteiger partial charge on any atom is -0.493 e. The number of benzene rings is 2. The first-order valence-corrected chi connectivity index (χ1v) is 11.3. The molecule has 31 heavy (non-hydrogen) atoms. The number of fused-ring (bicyclic) bond motifs is 1. The summed E-state index contributed by atoms with van der Waals surface area (Å²) < 4.78 is 16.8. The number of likely N-dealkylation sites (tertiary alicyclic amines) is 1. The van der Waals surface area contributed by atoms with Crippen molar-refractivity contribution < 1.29 is 19.0 Å². The lowest BCUT2D eigenvalue weighted by atomic mass is 9.85. The summed E-state index contributed by atoms with van der Waals surface area (Å²) >= 11 is 0. The number of nitrogens with zero attached hydrogens (tertiary/aromatic N) is 2. The minimum absolute atomic E-state index is 0.219. The standard InChI is InChI=1S/C25H28N2O4/c1-29-21-12-18(13-22-23(21)31-16-30-22)20-14-19-15-26(11-8-17-6-3-2-4-7-17)24(28)25(19)9-5-10-27(20)25/h2-4,6-7,12-13,19-20H,5,8-11,14-16H2,1H3/t19-,20-,25-/m0/s1. The molecule has 6 heteroatoms.